The van der Waals surface area contributed by atoms with Crippen molar-refractivity contribution < 1.29 is 13.7 Å². The van der Waals surface area contributed by atoms with E-state index in [1.165, 1.54) is 24.3 Å². The van der Waals surface area contributed by atoms with E-state index in [0.29, 0.717) is 5.76 Å². The number of rotatable bonds is 4. The maximum atomic E-state index is 12.8. The first-order valence-electron chi connectivity index (χ1n) is 5.28. The van der Waals surface area contributed by atoms with E-state index in [2.05, 4.69) is 5.32 Å². The minimum Gasteiger partial charge on any atom is -0.404 e. The lowest BCUT2D eigenvalue weighted by molar-refractivity contribution is -0.402. The highest BCUT2D eigenvalue weighted by Gasteiger charge is 2.19. The molecule has 1 unspecified atom stereocenters. The molecule has 0 spiro atoms. The van der Waals surface area contributed by atoms with Gasteiger partial charge in [0.25, 0.3) is 0 Å². The van der Waals surface area contributed by atoms with Gasteiger partial charge in [-0.1, -0.05) is 12.1 Å². The molecule has 18 heavy (non-hydrogen) atoms. The van der Waals surface area contributed by atoms with Crippen LogP contribution in [0.4, 0.5) is 10.3 Å². The molecular weight excluding hydrogens is 239 g/mol. The normalized spacial score (nSPS) is 12.3. The van der Waals surface area contributed by atoms with Gasteiger partial charge in [-0.05, 0) is 30.8 Å². The van der Waals surface area contributed by atoms with E-state index in [-0.39, 0.29) is 17.7 Å². The average molecular weight is 250 g/mol. The lowest BCUT2D eigenvalue weighted by Gasteiger charge is -2.13. The van der Waals surface area contributed by atoms with Gasteiger partial charge in [-0.3, -0.25) is 10.1 Å². The van der Waals surface area contributed by atoms with Crippen molar-refractivity contribution in [1.29, 1.82) is 0 Å². The van der Waals surface area contributed by atoms with E-state index >= 15 is 0 Å². The summed E-state index contributed by atoms with van der Waals surface area (Å²) in [6.07, 6.45) is 0. The molecule has 94 valence electrons. The third-order valence-electron chi connectivity index (χ3n) is 2.57. The molecular formula is C12H11FN2O3. The van der Waals surface area contributed by atoms with Gasteiger partial charge >= 0.3 is 5.88 Å². The Morgan fingerprint density at radius 1 is 1.28 bits per heavy atom. The number of halogens is 1. The molecule has 0 saturated carbocycles. The summed E-state index contributed by atoms with van der Waals surface area (Å²) in [7, 11) is 1.70. The number of benzene rings is 1. The SMILES string of the molecule is CNC(c1ccc(F)cc1)c1ccc([N+](=O)[O-])o1. The molecule has 1 atom stereocenters. The molecule has 0 radical (unpaired) electrons. The molecule has 0 aliphatic heterocycles. The highest BCUT2D eigenvalue weighted by atomic mass is 19.1. The Kier molecular flexibility index (Phi) is 3.38. The van der Waals surface area contributed by atoms with Crippen LogP contribution in [-0.4, -0.2) is 12.0 Å². The minimum atomic E-state index is -0.596. The Hall–Kier alpha value is -2.21. The molecule has 2 rings (SSSR count). The fraction of sp³-hybridized carbons (Fsp3) is 0.167. The van der Waals surface area contributed by atoms with Gasteiger partial charge in [0, 0.05) is 0 Å². The summed E-state index contributed by atoms with van der Waals surface area (Å²) < 4.78 is 18.0. The van der Waals surface area contributed by atoms with Crippen molar-refractivity contribution in [3.8, 4) is 0 Å². The number of nitro groups is 1. The predicted molar refractivity (Wildman–Crippen MR) is 62.7 cm³/mol. The Labute approximate surface area is 102 Å². The van der Waals surface area contributed by atoms with Crippen molar-refractivity contribution in [2.45, 2.75) is 6.04 Å². The van der Waals surface area contributed by atoms with Crippen LogP contribution in [0.25, 0.3) is 0 Å². The van der Waals surface area contributed by atoms with Gasteiger partial charge in [0.1, 0.15) is 16.5 Å². The maximum absolute atomic E-state index is 12.8. The van der Waals surface area contributed by atoms with E-state index < -0.39 is 4.92 Å². The van der Waals surface area contributed by atoms with Crippen LogP contribution in [0.15, 0.2) is 40.8 Å². The van der Waals surface area contributed by atoms with Crippen molar-refractivity contribution in [3.05, 3.63) is 63.7 Å². The number of hydrogen-bond donors (Lipinski definition) is 1. The Morgan fingerprint density at radius 2 is 1.94 bits per heavy atom. The van der Waals surface area contributed by atoms with Gasteiger partial charge in [0.05, 0.1) is 12.1 Å². The van der Waals surface area contributed by atoms with Crippen LogP contribution in [0.5, 0.6) is 0 Å². The summed E-state index contributed by atoms with van der Waals surface area (Å²) in [6.45, 7) is 0. The lowest BCUT2D eigenvalue weighted by Crippen LogP contribution is -2.16. The Bertz CT molecular complexity index is 551. The van der Waals surface area contributed by atoms with E-state index in [0.717, 1.165) is 5.56 Å². The highest BCUT2D eigenvalue weighted by molar-refractivity contribution is 5.29. The monoisotopic (exact) mass is 250 g/mol. The molecule has 0 amide bonds. The molecule has 0 bridgehead atoms. The Morgan fingerprint density at radius 3 is 2.44 bits per heavy atom. The van der Waals surface area contributed by atoms with Gasteiger partial charge in [-0.25, -0.2) is 4.39 Å². The second-order valence-electron chi connectivity index (χ2n) is 3.71. The molecule has 1 aromatic heterocycles. The van der Waals surface area contributed by atoms with Crippen LogP contribution in [0.1, 0.15) is 17.4 Å². The summed E-state index contributed by atoms with van der Waals surface area (Å²) >= 11 is 0. The van der Waals surface area contributed by atoms with E-state index in [1.54, 1.807) is 19.2 Å². The third kappa shape index (κ3) is 2.38. The predicted octanol–water partition coefficient (Wildman–Crippen LogP) is 2.64. The van der Waals surface area contributed by atoms with E-state index in [1.807, 2.05) is 0 Å². The largest absolute Gasteiger partial charge is 0.433 e. The first-order chi connectivity index (χ1) is 8.61. The summed E-state index contributed by atoms with van der Waals surface area (Å²) in [4.78, 5) is 9.95. The molecule has 0 fully saturated rings. The van der Waals surface area contributed by atoms with Crippen LogP contribution in [0.2, 0.25) is 0 Å². The second-order valence-corrected chi connectivity index (χ2v) is 3.71. The lowest BCUT2D eigenvalue weighted by atomic mass is 10.1. The van der Waals surface area contributed by atoms with Gasteiger partial charge < -0.3 is 9.73 Å². The molecule has 0 aliphatic rings. The van der Waals surface area contributed by atoms with E-state index in [9.17, 15) is 14.5 Å². The Balaban J connectivity index is 2.32. The van der Waals surface area contributed by atoms with Crippen molar-refractivity contribution in [2.75, 3.05) is 7.05 Å². The zero-order chi connectivity index (χ0) is 13.1. The van der Waals surface area contributed by atoms with Crippen molar-refractivity contribution in [2.24, 2.45) is 0 Å². The summed E-state index contributed by atoms with van der Waals surface area (Å²) in [6, 6.07) is 8.34. The van der Waals surface area contributed by atoms with Crippen molar-refractivity contribution in [3.63, 3.8) is 0 Å². The smallest absolute Gasteiger partial charge is 0.404 e. The zero-order valence-electron chi connectivity index (χ0n) is 9.59. The summed E-state index contributed by atoms with van der Waals surface area (Å²) in [5.74, 6) is -0.234. The average Bonchev–Trinajstić information content (AvgIpc) is 2.82. The van der Waals surface area contributed by atoms with Gasteiger partial charge in [0.2, 0.25) is 0 Å². The van der Waals surface area contributed by atoms with Gasteiger partial charge in [-0.15, -0.1) is 0 Å². The number of hydrogen-bond acceptors (Lipinski definition) is 4. The maximum Gasteiger partial charge on any atom is 0.433 e. The van der Waals surface area contributed by atoms with Crippen molar-refractivity contribution >= 4 is 5.88 Å². The molecule has 6 heteroatoms. The standard InChI is InChI=1S/C12H11FN2O3/c1-14-12(8-2-4-9(13)5-3-8)10-6-7-11(18-10)15(16)17/h2-7,12,14H,1H3. The van der Waals surface area contributed by atoms with Crippen LogP contribution < -0.4 is 5.32 Å². The molecule has 2 aromatic rings. The highest BCUT2D eigenvalue weighted by Crippen LogP contribution is 2.26. The molecule has 0 saturated heterocycles. The van der Waals surface area contributed by atoms with Gasteiger partial charge in [0.15, 0.2) is 0 Å². The zero-order valence-corrected chi connectivity index (χ0v) is 9.59. The summed E-state index contributed by atoms with van der Waals surface area (Å²) in [5, 5.41) is 13.5. The second kappa shape index (κ2) is 4.97. The van der Waals surface area contributed by atoms with Crippen LogP contribution in [0, 0.1) is 15.9 Å². The fourth-order valence-electron chi connectivity index (χ4n) is 1.72. The fourth-order valence-corrected chi connectivity index (χ4v) is 1.72. The minimum absolute atomic E-state index is 0.313. The molecule has 1 aromatic carbocycles. The van der Waals surface area contributed by atoms with E-state index in [4.69, 9.17) is 4.42 Å². The number of nitrogens with one attached hydrogen (secondary N) is 1. The molecule has 5 nitrogen and oxygen atoms in total. The van der Waals surface area contributed by atoms with Crippen LogP contribution >= 0.6 is 0 Å². The first kappa shape index (κ1) is 12.3. The summed E-state index contributed by atoms with van der Waals surface area (Å²) in [5.41, 5.74) is 0.767. The first-order valence-corrected chi connectivity index (χ1v) is 5.28. The topological polar surface area (TPSA) is 68.3 Å². The molecule has 1 heterocycles. The third-order valence-corrected chi connectivity index (χ3v) is 2.57. The van der Waals surface area contributed by atoms with Gasteiger partial charge in [-0.2, -0.15) is 0 Å². The number of furan rings is 1. The van der Waals surface area contributed by atoms with Crippen LogP contribution in [0.3, 0.4) is 0 Å². The van der Waals surface area contributed by atoms with Crippen molar-refractivity contribution in [1.82, 2.24) is 5.32 Å². The number of nitrogens with zero attached hydrogens (tertiary/aromatic N) is 1. The molecule has 1 N–H and O–H groups in total. The quantitative estimate of drug-likeness (QED) is 0.669. The molecule has 0 aliphatic carbocycles. The van der Waals surface area contributed by atoms with Crippen LogP contribution in [-0.2, 0) is 0 Å².